The minimum atomic E-state index is -0.930. The number of thiazole rings is 1. The van der Waals surface area contributed by atoms with Gasteiger partial charge in [0.2, 0.25) is 5.91 Å². The molecule has 2 aromatic carbocycles. The van der Waals surface area contributed by atoms with Crippen LogP contribution in [-0.4, -0.2) is 40.2 Å². The molecule has 0 saturated heterocycles. The van der Waals surface area contributed by atoms with Gasteiger partial charge in [0.1, 0.15) is 6.61 Å². The van der Waals surface area contributed by atoms with Gasteiger partial charge in [-0.05, 0) is 35.1 Å². The first-order chi connectivity index (χ1) is 16.4. The van der Waals surface area contributed by atoms with E-state index >= 15 is 0 Å². The molecule has 2 aliphatic carbocycles. The zero-order chi connectivity index (χ0) is 23.7. The molecule has 2 amide bonds. The van der Waals surface area contributed by atoms with Gasteiger partial charge in [-0.25, -0.2) is 9.78 Å². The Kier molecular flexibility index (Phi) is 5.79. The molecule has 9 heteroatoms. The van der Waals surface area contributed by atoms with Gasteiger partial charge in [-0.1, -0.05) is 48.5 Å². The molecular weight excluding hydrogens is 454 g/mol. The lowest BCUT2D eigenvalue weighted by Gasteiger charge is -2.14. The number of carboxylic acid groups (broad SMARTS) is 1. The second-order valence-corrected chi connectivity index (χ2v) is 9.53. The van der Waals surface area contributed by atoms with Gasteiger partial charge in [-0.3, -0.25) is 14.9 Å². The second kappa shape index (κ2) is 8.90. The van der Waals surface area contributed by atoms with Crippen LogP contribution in [0.2, 0.25) is 0 Å². The number of nitrogens with one attached hydrogen (secondary N) is 2. The van der Waals surface area contributed by atoms with Crippen molar-refractivity contribution in [2.24, 2.45) is 0 Å². The number of amides is 2. The molecule has 0 spiro atoms. The summed E-state index contributed by atoms with van der Waals surface area (Å²) in [5.74, 6) is -1.24. The van der Waals surface area contributed by atoms with Crippen molar-refractivity contribution >= 4 is 34.4 Å². The largest absolute Gasteiger partial charge is 0.481 e. The summed E-state index contributed by atoms with van der Waals surface area (Å²) in [6, 6.07) is 16.2. The Labute approximate surface area is 200 Å². The topological polar surface area (TPSA) is 118 Å². The molecule has 0 bridgehead atoms. The Bertz CT molecular complexity index is 1220. The van der Waals surface area contributed by atoms with E-state index in [9.17, 15) is 14.4 Å². The maximum Gasteiger partial charge on any atom is 0.413 e. The number of benzene rings is 2. The Morgan fingerprint density at radius 1 is 1.06 bits per heavy atom. The molecule has 1 saturated carbocycles. The van der Waals surface area contributed by atoms with Gasteiger partial charge in [-0.2, -0.15) is 0 Å². The van der Waals surface area contributed by atoms with Crippen molar-refractivity contribution in [2.75, 3.05) is 11.9 Å². The molecular formula is C25H23N3O5S. The highest BCUT2D eigenvalue weighted by molar-refractivity contribution is 7.13. The van der Waals surface area contributed by atoms with Crippen LogP contribution in [-0.2, 0) is 20.7 Å². The summed E-state index contributed by atoms with van der Waals surface area (Å²) in [4.78, 5) is 39.9. The molecule has 0 radical (unpaired) electrons. The molecule has 1 aromatic heterocycles. The fraction of sp³-hybridized carbons (Fsp3) is 0.280. The zero-order valence-electron chi connectivity index (χ0n) is 18.2. The van der Waals surface area contributed by atoms with Crippen LogP contribution in [0.15, 0.2) is 53.9 Å². The maximum absolute atomic E-state index is 12.4. The third kappa shape index (κ3) is 4.65. The van der Waals surface area contributed by atoms with Crippen molar-refractivity contribution in [1.29, 1.82) is 0 Å². The van der Waals surface area contributed by atoms with Crippen LogP contribution >= 0.6 is 11.3 Å². The lowest BCUT2D eigenvalue weighted by molar-refractivity contribution is -0.138. The van der Waals surface area contributed by atoms with E-state index in [0.717, 1.165) is 22.3 Å². The van der Waals surface area contributed by atoms with Gasteiger partial charge >= 0.3 is 12.1 Å². The van der Waals surface area contributed by atoms with Crippen LogP contribution in [0.3, 0.4) is 0 Å². The average Bonchev–Trinajstić information content (AvgIpc) is 3.26. The number of aliphatic carboxylic acids is 1. The van der Waals surface area contributed by atoms with E-state index in [4.69, 9.17) is 9.84 Å². The van der Waals surface area contributed by atoms with Crippen molar-refractivity contribution in [2.45, 2.75) is 37.1 Å². The summed E-state index contributed by atoms with van der Waals surface area (Å²) in [6.45, 7) is 0.201. The molecule has 0 aliphatic heterocycles. The quantitative estimate of drug-likeness (QED) is 0.448. The summed E-state index contributed by atoms with van der Waals surface area (Å²) < 4.78 is 5.53. The number of ether oxygens (including phenoxy) is 1. The number of carboxylic acids is 1. The van der Waals surface area contributed by atoms with E-state index in [1.807, 2.05) is 24.3 Å². The molecule has 174 valence electrons. The average molecular weight is 478 g/mol. The number of aromatic nitrogens is 1. The molecule has 0 atom stereocenters. The van der Waals surface area contributed by atoms with Gasteiger partial charge in [0.05, 0.1) is 24.1 Å². The highest BCUT2D eigenvalue weighted by atomic mass is 32.1. The standard InChI is InChI=1S/C25H23N3O5S/c29-21(28-25(9-10-25)12-22(30)31)11-15-14-34-23(26-15)27-24(32)33-13-20-18-7-3-1-5-16(18)17-6-2-4-8-19(17)20/h1-8,14,20H,9-13H2,(H,28,29)(H,30,31)(H,26,27,32). The van der Waals surface area contributed by atoms with Gasteiger partial charge in [0, 0.05) is 11.3 Å². The molecule has 5 rings (SSSR count). The molecule has 8 nitrogen and oxygen atoms in total. The fourth-order valence-corrected chi connectivity index (χ4v) is 5.15. The number of carbonyl (C=O) groups excluding carboxylic acids is 2. The van der Waals surface area contributed by atoms with Crippen molar-refractivity contribution in [3.05, 3.63) is 70.7 Å². The second-order valence-electron chi connectivity index (χ2n) is 8.67. The van der Waals surface area contributed by atoms with Gasteiger partial charge in [0.25, 0.3) is 0 Å². The van der Waals surface area contributed by atoms with E-state index in [0.29, 0.717) is 23.7 Å². The van der Waals surface area contributed by atoms with Gasteiger partial charge in [-0.15, -0.1) is 11.3 Å². The summed E-state index contributed by atoms with van der Waals surface area (Å²) in [6.07, 6.45) is 0.660. The first-order valence-corrected chi connectivity index (χ1v) is 11.9. The van der Waals surface area contributed by atoms with Crippen LogP contribution in [0, 0.1) is 0 Å². The lowest BCUT2D eigenvalue weighted by atomic mass is 9.98. The minimum absolute atomic E-state index is 0.0181. The minimum Gasteiger partial charge on any atom is -0.481 e. The normalized spacial score (nSPS) is 15.2. The van der Waals surface area contributed by atoms with Gasteiger partial charge < -0.3 is 15.2 Å². The number of carbonyl (C=O) groups is 3. The van der Waals surface area contributed by atoms with Crippen LogP contribution < -0.4 is 10.6 Å². The molecule has 1 heterocycles. The lowest BCUT2D eigenvalue weighted by Crippen LogP contribution is -2.39. The molecule has 1 fully saturated rings. The van der Waals surface area contributed by atoms with Crippen LogP contribution in [0.1, 0.15) is 42.0 Å². The summed E-state index contributed by atoms with van der Waals surface area (Å²) in [5, 5.41) is 16.4. The smallest absolute Gasteiger partial charge is 0.413 e. The molecule has 3 N–H and O–H groups in total. The number of nitrogens with zero attached hydrogens (tertiary/aromatic N) is 1. The number of hydrogen-bond acceptors (Lipinski definition) is 6. The fourth-order valence-electron chi connectivity index (χ4n) is 4.46. The Balaban J connectivity index is 1.15. The highest BCUT2D eigenvalue weighted by Gasteiger charge is 2.45. The first kappa shape index (κ1) is 22.1. The monoisotopic (exact) mass is 477 g/mol. The van der Waals surface area contributed by atoms with E-state index in [1.54, 1.807) is 5.38 Å². The van der Waals surface area contributed by atoms with Crippen LogP contribution in [0.25, 0.3) is 11.1 Å². The van der Waals surface area contributed by atoms with E-state index in [2.05, 4.69) is 39.9 Å². The van der Waals surface area contributed by atoms with Crippen LogP contribution in [0.5, 0.6) is 0 Å². The third-order valence-corrected chi connectivity index (χ3v) is 7.00. The number of hydrogen-bond donors (Lipinski definition) is 3. The number of anilines is 1. The Morgan fingerprint density at radius 3 is 2.32 bits per heavy atom. The Morgan fingerprint density at radius 2 is 1.71 bits per heavy atom. The molecule has 34 heavy (non-hydrogen) atoms. The van der Waals surface area contributed by atoms with Gasteiger partial charge in [0.15, 0.2) is 5.13 Å². The molecule has 3 aromatic rings. The van der Waals surface area contributed by atoms with Crippen molar-refractivity contribution in [1.82, 2.24) is 10.3 Å². The number of fused-ring (bicyclic) bond motifs is 3. The summed E-state index contributed by atoms with van der Waals surface area (Å²) in [7, 11) is 0. The predicted octanol–water partition coefficient (Wildman–Crippen LogP) is 4.17. The third-order valence-electron chi connectivity index (χ3n) is 6.19. The molecule has 0 unspecified atom stereocenters. The SMILES string of the molecule is O=C(O)CC1(NC(=O)Cc2csc(NC(=O)OCC3c4ccccc4-c4ccccc43)n2)CC1. The maximum atomic E-state index is 12.4. The van der Waals surface area contributed by atoms with Crippen molar-refractivity contribution in [3.63, 3.8) is 0 Å². The number of rotatable bonds is 8. The van der Waals surface area contributed by atoms with E-state index in [-0.39, 0.29) is 31.3 Å². The first-order valence-electron chi connectivity index (χ1n) is 11.0. The van der Waals surface area contributed by atoms with Crippen molar-refractivity contribution < 1.29 is 24.2 Å². The van der Waals surface area contributed by atoms with E-state index in [1.165, 1.54) is 11.3 Å². The summed E-state index contributed by atoms with van der Waals surface area (Å²) in [5.41, 5.74) is 4.47. The van der Waals surface area contributed by atoms with E-state index < -0.39 is 17.6 Å². The highest BCUT2D eigenvalue weighted by Crippen LogP contribution is 2.44. The van der Waals surface area contributed by atoms with Crippen LogP contribution in [0.4, 0.5) is 9.93 Å². The zero-order valence-corrected chi connectivity index (χ0v) is 19.1. The molecule has 2 aliphatic rings. The predicted molar refractivity (Wildman–Crippen MR) is 127 cm³/mol. The summed E-state index contributed by atoms with van der Waals surface area (Å²) >= 11 is 1.20. The van der Waals surface area contributed by atoms with Crippen molar-refractivity contribution in [3.8, 4) is 11.1 Å². The Hall–Kier alpha value is -3.72.